The third-order valence-electron chi connectivity index (χ3n) is 3.22. The molecular formula is C12H19N5O. The summed E-state index contributed by atoms with van der Waals surface area (Å²) in [5, 5.41) is 2.72. The molecule has 0 saturated carbocycles. The van der Waals surface area contributed by atoms with Gasteiger partial charge in [0.2, 0.25) is 5.91 Å². The van der Waals surface area contributed by atoms with Crippen LogP contribution in [0.25, 0.3) is 0 Å². The van der Waals surface area contributed by atoms with Gasteiger partial charge in [-0.25, -0.2) is 9.97 Å². The zero-order chi connectivity index (χ0) is 13.1. The van der Waals surface area contributed by atoms with Crippen LogP contribution in [0, 0.1) is 6.92 Å². The number of aromatic nitrogens is 2. The molecule has 98 valence electrons. The Morgan fingerprint density at radius 1 is 1.44 bits per heavy atom. The molecule has 0 bridgehead atoms. The summed E-state index contributed by atoms with van der Waals surface area (Å²) in [5.41, 5.74) is 0.912. The molecule has 1 saturated heterocycles. The summed E-state index contributed by atoms with van der Waals surface area (Å²) < 4.78 is 0. The van der Waals surface area contributed by atoms with Crippen LogP contribution in [0.2, 0.25) is 0 Å². The van der Waals surface area contributed by atoms with E-state index >= 15 is 0 Å². The van der Waals surface area contributed by atoms with Crippen molar-refractivity contribution in [1.29, 1.82) is 0 Å². The van der Waals surface area contributed by atoms with Gasteiger partial charge in [0.25, 0.3) is 0 Å². The van der Waals surface area contributed by atoms with E-state index in [-0.39, 0.29) is 11.9 Å². The number of rotatable bonds is 2. The molecule has 0 unspecified atom stereocenters. The van der Waals surface area contributed by atoms with Gasteiger partial charge in [0.15, 0.2) is 0 Å². The molecular weight excluding hydrogens is 230 g/mol. The highest BCUT2D eigenvalue weighted by Crippen LogP contribution is 2.18. The van der Waals surface area contributed by atoms with Crippen LogP contribution in [0.15, 0.2) is 12.4 Å². The van der Waals surface area contributed by atoms with Gasteiger partial charge in [0, 0.05) is 38.4 Å². The number of nitrogens with one attached hydrogen (secondary N) is 1. The second-order valence-electron chi connectivity index (χ2n) is 4.60. The minimum absolute atomic E-state index is 0.0258. The van der Waals surface area contributed by atoms with Gasteiger partial charge in [0.1, 0.15) is 18.2 Å². The summed E-state index contributed by atoms with van der Waals surface area (Å²) in [6.07, 6.45) is 1.55. The van der Waals surface area contributed by atoms with E-state index in [1.807, 2.05) is 24.9 Å². The third kappa shape index (κ3) is 2.59. The number of amides is 1. The number of hydrogen-bond donors (Lipinski definition) is 1. The lowest BCUT2D eigenvalue weighted by Crippen LogP contribution is -2.58. The van der Waals surface area contributed by atoms with Crippen LogP contribution in [-0.2, 0) is 4.79 Å². The molecule has 1 fully saturated rings. The maximum Gasteiger partial charge on any atom is 0.243 e. The molecule has 0 aliphatic carbocycles. The van der Waals surface area contributed by atoms with Gasteiger partial charge in [-0.2, -0.15) is 0 Å². The monoisotopic (exact) mass is 249 g/mol. The summed E-state index contributed by atoms with van der Waals surface area (Å²) in [6.45, 7) is 4.36. The quantitative estimate of drug-likeness (QED) is 0.776. The third-order valence-corrected chi connectivity index (χ3v) is 3.22. The lowest BCUT2D eigenvalue weighted by Gasteiger charge is -2.39. The molecule has 18 heavy (non-hydrogen) atoms. The van der Waals surface area contributed by atoms with E-state index in [2.05, 4.69) is 20.2 Å². The smallest absolute Gasteiger partial charge is 0.243 e. The van der Waals surface area contributed by atoms with Gasteiger partial charge in [-0.05, 0) is 14.0 Å². The summed E-state index contributed by atoms with van der Waals surface area (Å²) in [4.78, 5) is 24.5. The fraction of sp³-hybridized carbons (Fsp3) is 0.583. The Bertz CT molecular complexity index is 436. The van der Waals surface area contributed by atoms with Crippen LogP contribution in [0.4, 0.5) is 5.82 Å². The largest absolute Gasteiger partial charge is 0.357 e. The van der Waals surface area contributed by atoms with Crippen molar-refractivity contribution in [2.24, 2.45) is 0 Å². The Morgan fingerprint density at radius 3 is 2.89 bits per heavy atom. The highest BCUT2D eigenvalue weighted by Gasteiger charge is 2.31. The van der Waals surface area contributed by atoms with E-state index in [0.717, 1.165) is 24.6 Å². The Morgan fingerprint density at radius 2 is 2.22 bits per heavy atom. The van der Waals surface area contributed by atoms with Crippen LogP contribution in [0.3, 0.4) is 0 Å². The van der Waals surface area contributed by atoms with Crippen molar-refractivity contribution in [2.45, 2.75) is 13.0 Å². The summed E-state index contributed by atoms with van der Waals surface area (Å²) in [7, 11) is 3.69. The lowest BCUT2D eigenvalue weighted by atomic mass is 10.1. The molecule has 1 atom stereocenters. The molecule has 1 aromatic rings. The standard InChI is InChI=1S/C12H19N5O/c1-9-6-11(15-8-14-9)17-5-4-16(3)7-10(17)12(18)13-2/h6,8,10H,4-5,7H2,1-3H3,(H,13,18)/t10-/m0/s1. The Hall–Kier alpha value is -1.69. The van der Waals surface area contributed by atoms with E-state index in [1.165, 1.54) is 0 Å². The van der Waals surface area contributed by atoms with Gasteiger partial charge >= 0.3 is 0 Å². The minimum atomic E-state index is -0.192. The van der Waals surface area contributed by atoms with Gasteiger partial charge in [0.05, 0.1) is 0 Å². The zero-order valence-corrected chi connectivity index (χ0v) is 11.1. The first-order valence-corrected chi connectivity index (χ1v) is 6.07. The number of hydrogen-bond acceptors (Lipinski definition) is 5. The van der Waals surface area contributed by atoms with Crippen molar-refractivity contribution < 1.29 is 4.79 Å². The number of carbonyl (C=O) groups is 1. The van der Waals surface area contributed by atoms with Crippen molar-refractivity contribution in [3.05, 3.63) is 18.1 Å². The second-order valence-corrected chi connectivity index (χ2v) is 4.60. The minimum Gasteiger partial charge on any atom is -0.357 e. The van der Waals surface area contributed by atoms with Crippen LogP contribution < -0.4 is 10.2 Å². The maximum atomic E-state index is 12.0. The Labute approximate surface area is 107 Å². The van der Waals surface area contributed by atoms with E-state index in [1.54, 1.807) is 13.4 Å². The van der Waals surface area contributed by atoms with Crippen LogP contribution in [0.1, 0.15) is 5.69 Å². The predicted molar refractivity (Wildman–Crippen MR) is 69.5 cm³/mol. The molecule has 1 N–H and O–H groups in total. The predicted octanol–water partition coefficient (Wildman–Crippen LogP) is -0.349. The Balaban J connectivity index is 2.26. The van der Waals surface area contributed by atoms with Crippen molar-refractivity contribution in [1.82, 2.24) is 20.2 Å². The van der Waals surface area contributed by atoms with E-state index in [9.17, 15) is 4.79 Å². The molecule has 0 spiro atoms. The topological polar surface area (TPSA) is 61.4 Å². The number of carbonyl (C=O) groups excluding carboxylic acids is 1. The van der Waals surface area contributed by atoms with Gasteiger partial charge in [-0.1, -0.05) is 0 Å². The Kier molecular flexibility index (Phi) is 3.76. The molecule has 1 aliphatic heterocycles. The fourth-order valence-corrected chi connectivity index (χ4v) is 2.18. The highest BCUT2D eigenvalue weighted by molar-refractivity contribution is 5.85. The molecule has 6 nitrogen and oxygen atoms in total. The van der Waals surface area contributed by atoms with Crippen LogP contribution in [-0.4, -0.2) is 60.5 Å². The van der Waals surface area contributed by atoms with Gasteiger partial charge in [-0.15, -0.1) is 0 Å². The number of piperazine rings is 1. The normalized spacial score (nSPS) is 20.8. The molecule has 2 rings (SSSR count). The molecule has 1 aromatic heterocycles. The van der Waals surface area contributed by atoms with Crippen molar-refractivity contribution >= 4 is 11.7 Å². The molecule has 0 aromatic carbocycles. The van der Waals surface area contributed by atoms with E-state index in [4.69, 9.17) is 0 Å². The maximum absolute atomic E-state index is 12.0. The number of anilines is 1. The second kappa shape index (κ2) is 5.30. The first-order valence-electron chi connectivity index (χ1n) is 6.07. The van der Waals surface area contributed by atoms with E-state index in [0.29, 0.717) is 6.54 Å². The van der Waals surface area contributed by atoms with Crippen LogP contribution >= 0.6 is 0 Å². The molecule has 1 amide bonds. The van der Waals surface area contributed by atoms with Crippen molar-refractivity contribution in [3.63, 3.8) is 0 Å². The first-order chi connectivity index (χ1) is 8.61. The van der Waals surface area contributed by atoms with Gasteiger partial charge in [-0.3, -0.25) is 4.79 Å². The summed E-state index contributed by atoms with van der Waals surface area (Å²) >= 11 is 0. The number of nitrogens with zero attached hydrogens (tertiary/aromatic N) is 4. The molecule has 1 aliphatic rings. The van der Waals surface area contributed by atoms with Crippen molar-refractivity contribution in [3.8, 4) is 0 Å². The average Bonchev–Trinajstić information content (AvgIpc) is 2.37. The fourth-order valence-electron chi connectivity index (χ4n) is 2.18. The summed E-state index contributed by atoms with van der Waals surface area (Å²) in [6, 6.07) is 1.73. The average molecular weight is 249 g/mol. The van der Waals surface area contributed by atoms with Crippen LogP contribution in [0.5, 0.6) is 0 Å². The number of aryl methyl sites for hydroxylation is 1. The van der Waals surface area contributed by atoms with Gasteiger partial charge < -0.3 is 15.1 Å². The SMILES string of the molecule is CNC(=O)[C@@H]1CN(C)CCN1c1cc(C)ncn1. The number of likely N-dealkylation sites (N-methyl/N-ethyl adjacent to an activating group) is 2. The summed E-state index contributed by atoms with van der Waals surface area (Å²) in [5.74, 6) is 0.849. The zero-order valence-electron chi connectivity index (χ0n) is 11.1. The lowest BCUT2D eigenvalue weighted by molar-refractivity contribution is -0.122. The molecule has 6 heteroatoms. The highest BCUT2D eigenvalue weighted by atomic mass is 16.2. The molecule has 2 heterocycles. The first kappa shape index (κ1) is 12.8. The van der Waals surface area contributed by atoms with Crippen molar-refractivity contribution in [2.75, 3.05) is 38.6 Å². The van der Waals surface area contributed by atoms with E-state index < -0.39 is 0 Å². The molecule has 0 radical (unpaired) electrons.